The molecule has 0 aromatic carbocycles. The van der Waals surface area contributed by atoms with Crippen molar-refractivity contribution in [1.82, 2.24) is 13.9 Å². The summed E-state index contributed by atoms with van der Waals surface area (Å²) in [5, 5.41) is 2.87. The number of rotatable bonds is 4. The molecule has 2 fully saturated rings. The predicted octanol–water partition coefficient (Wildman–Crippen LogP) is -0.464. The molecule has 1 amide bonds. The van der Waals surface area contributed by atoms with Crippen LogP contribution in [0.25, 0.3) is 0 Å². The SMILES string of the molecule is CN(C)S(=O)(=O)N1CCCC1C(=O)NC1CC1. The molecule has 1 N–H and O–H groups in total. The first kappa shape index (κ1) is 12.8. The normalized spacial score (nSPS) is 26.4. The topological polar surface area (TPSA) is 69.7 Å². The van der Waals surface area contributed by atoms with E-state index < -0.39 is 16.3 Å². The van der Waals surface area contributed by atoms with Crippen molar-refractivity contribution < 1.29 is 13.2 Å². The minimum Gasteiger partial charge on any atom is -0.352 e. The second kappa shape index (κ2) is 4.55. The third-order valence-electron chi connectivity index (χ3n) is 3.19. The Bertz CT molecular complexity index is 403. The zero-order valence-electron chi connectivity index (χ0n) is 10.2. The highest BCUT2D eigenvalue weighted by molar-refractivity contribution is 7.86. The molecule has 1 heterocycles. The van der Waals surface area contributed by atoms with Gasteiger partial charge >= 0.3 is 0 Å². The monoisotopic (exact) mass is 261 g/mol. The fourth-order valence-corrected chi connectivity index (χ4v) is 3.32. The van der Waals surface area contributed by atoms with E-state index in [-0.39, 0.29) is 11.9 Å². The lowest BCUT2D eigenvalue weighted by Crippen LogP contribution is -2.49. The van der Waals surface area contributed by atoms with Gasteiger partial charge in [0, 0.05) is 26.7 Å². The molecular formula is C10H19N3O3S. The molecule has 7 heteroatoms. The van der Waals surface area contributed by atoms with Gasteiger partial charge in [0.05, 0.1) is 0 Å². The van der Waals surface area contributed by atoms with Crippen molar-refractivity contribution in [1.29, 1.82) is 0 Å². The van der Waals surface area contributed by atoms with Gasteiger partial charge in [-0.05, 0) is 25.7 Å². The Labute approximate surface area is 102 Å². The summed E-state index contributed by atoms with van der Waals surface area (Å²) in [4.78, 5) is 11.9. The summed E-state index contributed by atoms with van der Waals surface area (Å²) in [6.07, 6.45) is 3.39. The second-order valence-electron chi connectivity index (χ2n) is 4.84. The van der Waals surface area contributed by atoms with Crippen molar-refractivity contribution in [3.8, 4) is 0 Å². The fourth-order valence-electron chi connectivity index (χ4n) is 2.01. The number of hydrogen-bond acceptors (Lipinski definition) is 3. The van der Waals surface area contributed by atoms with Crippen molar-refractivity contribution in [2.24, 2.45) is 0 Å². The highest BCUT2D eigenvalue weighted by atomic mass is 32.2. The fraction of sp³-hybridized carbons (Fsp3) is 0.900. The molecule has 17 heavy (non-hydrogen) atoms. The number of hydrogen-bond donors (Lipinski definition) is 1. The molecule has 98 valence electrons. The number of carbonyl (C=O) groups is 1. The maximum absolute atomic E-state index is 12.0. The third kappa shape index (κ3) is 2.61. The van der Waals surface area contributed by atoms with Crippen LogP contribution in [-0.2, 0) is 15.0 Å². The average molecular weight is 261 g/mol. The van der Waals surface area contributed by atoms with Crippen LogP contribution < -0.4 is 5.32 Å². The highest BCUT2D eigenvalue weighted by Gasteiger charge is 2.40. The van der Waals surface area contributed by atoms with Crippen molar-refractivity contribution in [3.63, 3.8) is 0 Å². The molecule has 1 aliphatic heterocycles. The summed E-state index contributed by atoms with van der Waals surface area (Å²) < 4.78 is 26.5. The first-order valence-corrected chi connectivity index (χ1v) is 7.32. The molecule has 1 saturated carbocycles. The van der Waals surface area contributed by atoms with Crippen molar-refractivity contribution in [2.45, 2.75) is 37.8 Å². The molecule has 2 rings (SSSR count). The molecule has 0 radical (unpaired) electrons. The lowest BCUT2D eigenvalue weighted by Gasteiger charge is -2.26. The van der Waals surface area contributed by atoms with Gasteiger partial charge in [-0.2, -0.15) is 17.0 Å². The zero-order chi connectivity index (χ0) is 12.6. The van der Waals surface area contributed by atoms with Gasteiger partial charge in [0.2, 0.25) is 5.91 Å². The molecule has 0 aromatic heterocycles. The quantitative estimate of drug-likeness (QED) is 0.744. The molecule has 0 aromatic rings. The molecule has 6 nitrogen and oxygen atoms in total. The van der Waals surface area contributed by atoms with Gasteiger partial charge in [-0.25, -0.2) is 0 Å². The standard InChI is InChI=1S/C10H19N3O3S/c1-12(2)17(15,16)13-7-3-4-9(13)10(14)11-8-5-6-8/h8-9H,3-7H2,1-2H3,(H,11,14). The zero-order valence-corrected chi connectivity index (χ0v) is 11.0. The van der Waals surface area contributed by atoms with Gasteiger partial charge in [-0.3, -0.25) is 4.79 Å². The summed E-state index contributed by atoms with van der Waals surface area (Å²) >= 11 is 0. The Morgan fingerprint density at radius 3 is 2.47 bits per heavy atom. The maximum Gasteiger partial charge on any atom is 0.282 e. The second-order valence-corrected chi connectivity index (χ2v) is 6.94. The predicted molar refractivity (Wildman–Crippen MR) is 63.5 cm³/mol. The summed E-state index contributed by atoms with van der Waals surface area (Å²) in [5.74, 6) is -0.143. The Morgan fingerprint density at radius 2 is 1.94 bits per heavy atom. The molecular weight excluding hydrogens is 242 g/mol. The molecule has 0 bridgehead atoms. The van der Waals surface area contributed by atoms with E-state index in [9.17, 15) is 13.2 Å². The van der Waals surface area contributed by atoms with E-state index in [0.717, 1.165) is 23.6 Å². The third-order valence-corrected chi connectivity index (χ3v) is 5.14. The minimum atomic E-state index is -3.48. The van der Waals surface area contributed by atoms with Crippen LogP contribution in [-0.4, -0.2) is 55.7 Å². The van der Waals surface area contributed by atoms with Gasteiger partial charge in [-0.15, -0.1) is 0 Å². The first-order chi connectivity index (χ1) is 7.93. The molecule has 1 unspecified atom stereocenters. The summed E-state index contributed by atoms with van der Waals surface area (Å²) in [7, 11) is -0.501. The lowest BCUT2D eigenvalue weighted by atomic mass is 10.2. The van der Waals surface area contributed by atoms with E-state index in [4.69, 9.17) is 0 Å². The van der Waals surface area contributed by atoms with Crippen LogP contribution in [0.15, 0.2) is 0 Å². The lowest BCUT2D eigenvalue weighted by molar-refractivity contribution is -0.124. The van der Waals surface area contributed by atoms with E-state index in [1.54, 1.807) is 0 Å². The van der Waals surface area contributed by atoms with Gasteiger partial charge in [-0.1, -0.05) is 0 Å². The summed E-state index contributed by atoms with van der Waals surface area (Å²) in [6, 6.07) is -0.255. The number of nitrogens with zero attached hydrogens (tertiary/aromatic N) is 2. The van der Waals surface area contributed by atoms with E-state index in [1.165, 1.54) is 18.4 Å². The number of amides is 1. The van der Waals surface area contributed by atoms with Crippen molar-refractivity contribution in [2.75, 3.05) is 20.6 Å². The summed E-state index contributed by atoms with van der Waals surface area (Å²) in [6.45, 7) is 0.434. The van der Waals surface area contributed by atoms with Crippen LogP contribution in [0.1, 0.15) is 25.7 Å². The molecule has 1 saturated heterocycles. The van der Waals surface area contributed by atoms with E-state index in [0.29, 0.717) is 13.0 Å². The molecule has 1 atom stereocenters. The van der Waals surface area contributed by atoms with E-state index >= 15 is 0 Å². The van der Waals surface area contributed by atoms with Crippen LogP contribution in [0.3, 0.4) is 0 Å². The Morgan fingerprint density at radius 1 is 1.29 bits per heavy atom. The Balaban J connectivity index is 2.08. The first-order valence-electron chi connectivity index (χ1n) is 5.92. The van der Waals surface area contributed by atoms with Gasteiger partial charge in [0.25, 0.3) is 10.2 Å². The van der Waals surface area contributed by atoms with E-state index in [1.807, 2.05) is 0 Å². The largest absolute Gasteiger partial charge is 0.352 e. The van der Waals surface area contributed by atoms with Crippen LogP contribution >= 0.6 is 0 Å². The van der Waals surface area contributed by atoms with Gasteiger partial charge in [0.15, 0.2) is 0 Å². The maximum atomic E-state index is 12.0. The summed E-state index contributed by atoms with van der Waals surface area (Å²) in [5.41, 5.74) is 0. The van der Waals surface area contributed by atoms with Crippen molar-refractivity contribution in [3.05, 3.63) is 0 Å². The Hall–Kier alpha value is -0.660. The molecule has 2 aliphatic rings. The molecule has 0 spiro atoms. The Kier molecular flexibility index (Phi) is 3.42. The number of nitrogens with one attached hydrogen (secondary N) is 1. The highest BCUT2D eigenvalue weighted by Crippen LogP contribution is 2.24. The van der Waals surface area contributed by atoms with E-state index in [2.05, 4.69) is 5.32 Å². The number of carbonyl (C=O) groups excluding carboxylic acids is 1. The molecule has 1 aliphatic carbocycles. The minimum absolute atomic E-state index is 0.143. The average Bonchev–Trinajstić information content (AvgIpc) is 2.92. The van der Waals surface area contributed by atoms with Crippen LogP contribution in [0.2, 0.25) is 0 Å². The van der Waals surface area contributed by atoms with Crippen LogP contribution in [0.4, 0.5) is 0 Å². The smallest absolute Gasteiger partial charge is 0.282 e. The van der Waals surface area contributed by atoms with Crippen LogP contribution in [0, 0.1) is 0 Å². The van der Waals surface area contributed by atoms with Crippen LogP contribution in [0.5, 0.6) is 0 Å². The van der Waals surface area contributed by atoms with Crippen molar-refractivity contribution >= 4 is 16.1 Å². The van der Waals surface area contributed by atoms with Gasteiger partial charge < -0.3 is 5.32 Å². The van der Waals surface area contributed by atoms with Gasteiger partial charge in [0.1, 0.15) is 6.04 Å².